The number of hydrogen-bond acceptors (Lipinski definition) is 3. The van der Waals surface area contributed by atoms with E-state index in [2.05, 4.69) is 32.6 Å². The molecule has 4 rings (SSSR count). The van der Waals surface area contributed by atoms with Gasteiger partial charge in [0, 0.05) is 20.4 Å². The van der Waals surface area contributed by atoms with E-state index in [-0.39, 0.29) is 0 Å². The first-order chi connectivity index (χ1) is 14.7. The number of allylic oxidation sites excluding steroid dienone is 1. The highest BCUT2D eigenvalue weighted by molar-refractivity contribution is 14.1. The van der Waals surface area contributed by atoms with Gasteiger partial charge in [-0.15, -0.1) is 0 Å². The van der Waals surface area contributed by atoms with Gasteiger partial charge in [-0.05, 0) is 95.6 Å². The van der Waals surface area contributed by atoms with E-state index in [9.17, 15) is 0 Å². The van der Waals surface area contributed by atoms with Crippen LogP contribution in [0.2, 0.25) is 20.4 Å². The first-order valence-corrected chi connectivity index (χ1v) is 11.5. The van der Waals surface area contributed by atoms with Crippen LogP contribution in [-0.4, -0.2) is 9.97 Å². The fraction of sp³-hybridized carbons (Fsp3) is 0.0870. The normalized spacial score (nSPS) is 10.9. The molecule has 2 aromatic carbocycles. The van der Waals surface area contributed by atoms with Crippen LogP contribution < -0.4 is 0 Å². The number of benzene rings is 2. The third-order valence-electron chi connectivity index (χ3n) is 4.46. The number of hydrogen-bond donors (Lipinski definition) is 0. The minimum atomic E-state index is 0.377. The predicted octanol–water partition coefficient (Wildman–Crippen LogP) is 8.84. The third kappa shape index (κ3) is 5.79. The molecule has 0 amide bonds. The summed E-state index contributed by atoms with van der Waals surface area (Å²) in [4.78, 5) is 8.43. The van der Waals surface area contributed by atoms with E-state index in [1.807, 2.05) is 44.2 Å². The average Bonchev–Trinajstić information content (AvgIpc) is 2.68. The van der Waals surface area contributed by atoms with Crippen LogP contribution in [0.5, 0.6) is 0 Å². The quantitative estimate of drug-likeness (QED) is 0.125. The Morgan fingerprint density at radius 1 is 0.806 bits per heavy atom. The van der Waals surface area contributed by atoms with Gasteiger partial charge < -0.3 is 0 Å². The lowest BCUT2D eigenvalue weighted by molar-refractivity contribution is 1.37. The molecular weight excluding hydrogens is 587 g/mol. The second kappa shape index (κ2) is 10.3. The van der Waals surface area contributed by atoms with Gasteiger partial charge in [-0.2, -0.15) is 5.26 Å². The summed E-state index contributed by atoms with van der Waals surface area (Å²) in [6.45, 7) is 3.99. The Balaban J connectivity index is 0.000000179. The zero-order valence-corrected chi connectivity index (χ0v) is 21.5. The van der Waals surface area contributed by atoms with E-state index in [1.54, 1.807) is 18.2 Å². The Labute approximate surface area is 213 Å². The summed E-state index contributed by atoms with van der Waals surface area (Å²) in [6, 6.07) is 13.1. The highest BCUT2D eigenvalue weighted by Crippen LogP contribution is 2.29. The molecule has 2 heterocycles. The minimum Gasteiger partial charge on any atom is -0.236 e. The molecule has 156 valence electrons. The number of nitriles is 1. The van der Waals surface area contributed by atoms with Gasteiger partial charge in [0.15, 0.2) is 0 Å². The van der Waals surface area contributed by atoms with Crippen LogP contribution in [0.25, 0.3) is 27.9 Å². The van der Waals surface area contributed by atoms with Gasteiger partial charge in [-0.3, -0.25) is 0 Å². The first kappa shape index (κ1) is 24.0. The smallest absolute Gasteiger partial charge is 0.131 e. The third-order valence-corrected chi connectivity index (χ3v) is 6.63. The highest BCUT2D eigenvalue weighted by Gasteiger charge is 2.06. The Hall–Kier alpha value is -1.62. The first-order valence-electron chi connectivity index (χ1n) is 8.94. The van der Waals surface area contributed by atoms with Gasteiger partial charge in [-0.25, -0.2) is 9.97 Å². The van der Waals surface area contributed by atoms with E-state index in [1.165, 1.54) is 15.2 Å². The molecule has 0 spiro atoms. The SMILES string of the molecule is Cc1cc2nc(Cl)cc(Cl)c2cc1/C=C/C#N.Cc1cc2nc(Cl)cc(Cl)c2cc1I. The zero-order chi connectivity index (χ0) is 22.7. The van der Waals surface area contributed by atoms with E-state index in [0.29, 0.717) is 20.4 Å². The molecule has 0 unspecified atom stereocenters. The zero-order valence-electron chi connectivity index (χ0n) is 16.4. The van der Waals surface area contributed by atoms with E-state index in [0.717, 1.165) is 32.9 Å². The second-order valence-electron chi connectivity index (χ2n) is 6.66. The molecular formula is C23H14Cl4IN3. The van der Waals surface area contributed by atoms with Crippen molar-refractivity contribution in [1.29, 1.82) is 5.26 Å². The lowest BCUT2D eigenvalue weighted by atomic mass is 10.0. The molecule has 0 aliphatic rings. The summed E-state index contributed by atoms with van der Waals surface area (Å²) < 4.78 is 1.18. The molecule has 2 aromatic heterocycles. The molecule has 0 saturated carbocycles. The standard InChI is InChI=1S/C13H8Cl2N2.C10H6Cl2IN/c1-8-5-12-10(6-9(8)3-2-4-16)11(14)7-13(15)17-12;1-5-2-9-6(3-8(5)13)7(11)4-10(12)14-9/h2-3,5-7H,1H3;2-4H,1H3/b3-2+;. The molecule has 0 aliphatic heterocycles. The molecule has 0 radical (unpaired) electrons. The molecule has 3 nitrogen and oxygen atoms in total. The van der Waals surface area contributed by atoms with Crippen molar-refractivity contribution in [2.45, 2.75) is 13.8 Å². The topological polar surface area (TPSA) is 49.6 Å². The fourth-order valence-corrected chi connectivity index (χ4v) is 4.40. The number of pyridine rings is 2. The molecule has 4 aromatic rings. The maximum Gasteiger partial charge on any atom is 0.131 e. The van der Waals surface area contributed by atoms with Crippen molar-refractivity contribution in [2.75, 3.05) is 0 Å². The Kier molecular flexibility index (Phi) is 8.01. The van der Waals surface area contributed by atoms with Crippen molar-refractivity contribution < 1.29 is 0 Å². The Bertz CT molecular complexity index is 1380. The molecule has 0 aliphatic carbocycles. The van der Waals surface area contributed by atoms with Gasteiger partial charge in [-0.1, -0.05) is 46.4 Å². The van der Waals surface area contributed by atoms with Crippen LogP contribution in [0.3, 0.4) is 0 Å². The maximum absolute atomic E-state index is 8.53. The summed E-state index contributed by atoms with van der Waals surface area (Å²) in [6.07, 6.45) is 3.19. The lowest BCUT2D eigenvalue weighted by Crippen LogP contribution is -1.87. The molecule has 31 heavy (non-hydrogen) atoms. The van der Waals surface area contributed by atoms with Gasteiger partial charge >= 0.3 is 0 Å². The van der Waals surface area contributed by atoms with Crippen LogP contribution in [-0.2, 0) is 0 Å². The van der Waals surface area contributed by atoms with E-state index < -0.39 is 0 Å². The molecule has 0 fully saturated rings. The highest BCUT2D eigenvalue weighted by atomic mass is 127. The van der Waals surface area contributed by atoms with Crippen LogP contribution >= 0.6 is 69.0 Å². The lowest BCUT2D eigenvalue weighted by Gasteiger charge is -2.05. The molecule has 0 N–H and O–H groups in total. The summed E-state index contributed by atoms with van der Waals surface area (Å²) >= 11 is 26.1. The minimum absolute atomic E-state index is 0.377. The number of aryl methyl sites for hydroxylation is 2. The van der Waals surface area contributed by atoms with Crippen molar-refractivity contribution in [3.8, 4) is 6.07 Å². The monoisotopic (exact) mass is 599 g/mol. The number of rotatable bonds is 1. The van der Waals surface area contributed by atoms with Crippen LogP contribution in [0.4, 0.5) is 0 Å². The van der Waals surface area contributed by atoms with Crippen LogP contribution in [0.1, 0.15) is 16.7 Å². The maximum atomic E-state index is 8.53. The summed E-state index contributed by atoms with van der Waals surface area (Å²) in [5, 5.41) is 12.3. The molecule has 0 bridgehead atoms. The van der Waals surface area contributed by atoms with E-state index in [4.69, 9.17) is 51.7 Å². The summed E-state index contributed by atoms with van der Waals surface area (Å²) in [5.41, 5.74) is 4.76. The van der Waals surface area contributed by atoms with Crippen molar-refractivity contribution in [1.82, 2.24) is 9.97 Å². The number of fused-ring (bicyclic) bond motifs is 2. The summed E-state index contributed by atoms with van der Waals surface area (Å²) in [5.74, 6) is 0. The average molecular weight is 601 g/mol. The molecule has 0 atom stereocenters. The van der Waals surface area contributed by atoms with Crippen molar-refractivity contribution in [2.24, 2.45) is 0 Å². The molecule has 8 heteroatoms. The fourth-order valence-electron chi connectivity index (χ4n) is 2.91. The van der Waals surface area contributed by atoms with Crippen molar-refractivity contribution >= 4 is 96.9 Å². The van der Waals surface area contributed by atoms with Crippen LogP contribution in [0.15, 0.2) is 42.5 Å². The van der Waals surface area contributed by atoms with E-state index >= 15 is 0 Å². The van der Waals surface area contributed by atoms with Gasteiger partial charge in [0.25, 0.3) is 0 Å². The number of halogens is 5. The second-order valence-corrected chi connectivity index (χ2v) is 9.41. The summed E-state index contributed by atoms with van der Waals surface area (Å²) in [7, 11) is 0. The largest absolute Gasteiger partial charge is 0.236 e. The Morgan fingerprint density at radius 2 is 1.32 bits per heavy atom. The predicted molar refractivity (Wildman–Crippen MR) is 140 cm³/mol. The van der Waals surface area contributed by atoms with Crippen molar-refractivity contribution in [3.05, 3.63) is 83.1 Å². The number of nitrogens with zero attached hydrogens (tertiary/aromatic N) is 3. The number of aromatic nitrogens is 2. The Morgan fingerprint density at radius 3 is 1.87 bits per heavy atom. The van der Waals surface area contributed by atoms with Crippen LogP contribution in [0, 0.1) is 28.7 Å². The van der Waals surface area contributed by atoms with Gasteiger partial charge in [0.1, 0.15) is 10.3 Å². The van der Waals surface area contributed by atoms with Gasteiger partial charge in [0.2, 0.25) is 0 Å². The van der Waals surface area contributed by atoms with Gasteiger partial charge in [0.05, 0.1) is 27.1 Å². The molecule has 0 saturated heterocycles. The van der Waals surface area contributed by atoms with Crippen molar-refractivity contribution in [3.63, 3.8) is 0 Å².